The summed E-state index contributed by atoms with van der Waals surface area (Å²) in [4.78, 5) is 38.4. The van der Waals surface area contributed by atoms with Crippen molar-refractivity contribution in [1.29, 1.82) is 0 Å². The summed E-state index contributed by atoms with van der Waals surface area (Å²) in [5, 5.41) is 16.1. The van der Waals surface area contributed by atoms with E-state index in [0.29, 0.717) is 60.9 Å². The highest BCUT2D eigenvalue weighted by Gasteiger charge is 2.29. The maximum absolute atomic E-state index is 14.8. The number of likely N-dealkylation sites (tertiary alicyclic amines) is 1. The fraction of sp³-hybridized carbons (Fsp3) is 0.375. The molecule has 2 aromatic carbocycles. The van der Waals surface area contributed by atoms with E-state index in [-0.39, 0.29) is 35.6 Å². The maximum Gasteiger partial charge on any atom is 0.254 e. The van der Waals surface area contributed by atoms with Gasteiger partial charge in [-0.05, 0) is 69.8 Å². The zero-order chi connectivity index (χ0) is 32.2. The van der Waals surface area contributed by atoms with E-state index in [1.807, 2.05) is 32.0 Å². The number of anilines is 2. The van der Waals surface area contributed by atoms with Gasteiger partial charge in [-0.1, -0.05) is 0 Å². The number of aryl methyl sites for hydroxylation is 1. The average molecular weight is 622 g/mol. The molecule has 0 bridgehead atoms. The van der Waals surface area contributed by atoms with Gasteiger partial charge in [0.05, 0.1) is 25.1 Å². The lowest BCUT2D eigenvalue weighted by Gasteiger charge is -2.32. The van der Waals surface area contributed by atoms with E-state index >= 15 is 0 Å². The highest BCUT2D eigenvalue weighted by Crippen LogP contribution is 2.32. The number of imidazole rings is 1. The molecule has 1 unspecified atom stereocenters. The number of ether oxygens (including phenoxy) is 1. The first kappa shape index (κ1) is 31.8. The first-order valence-corrected chi connectivity index (χ1v) is 14.7. The molecule has 3 N–H and O–H groups in total. The van der Waals surface area contributed by atoms with Crippen LogP contribution in [0.4, 0.5) is 20.3 Å². The number of hydrogen-bond donors (Lipinski definition) is 3. The second-order valence-electron chi connectivity index (χ2n) is 11.4. The summed E-state index contributed by atoms with van der Waals surface area (Å²) in [5.74, 6) is -2.32. The summed E-state index contributed by atoms with van der Waals surface area (Å²) in [6.45, 7) is 3.43. The number of carbonyl (C=O) groups excluding carboxylic acids is 2. The molecule has 1 atom stereocenters. The van der Waals surface area contributed by atoms with Crippen LogP contribution in [0.5, 0.6) is 5.75 Å². The fourth-order valence-corrected chi connectivity index (χ4v) is 5.58. The molecule has 0 radical (unpaired) electrons. The molecule has 0 spiro atoms. The minimum atomic E-state index is -1.08. The summed E-state index contributed by atoms with van der Waals surface area (Å²) >= 11 is 0. The molecule has 1 fully saturated rings. The van der Waals surface area contributed by atoms with Crippen LogP contribution in [-0.2, 0) is 4.79 Å². The molecule has 238 valence electrons. The van der Waals surface area contributed by atoms with E-state index in [2.05, 4.69) is 20.6 Å². The highest BCUT2D eigenvalue weighted by atomic mass is 19.2. The number of piperidine rings is 1. The van der Waals surface area contributed by atoms with E-state index < -0.39 is 17.7 Å². The third-order valence-corrected chi connectivity index (χ3v) is 7.93. The minimum absolute atomic E-state index is 0.0279. The van der Waals surface area contributed by atoms with Crippen LogP contribution in [0.3, 0.4) is 0 Å². The Kier molecular flexibility index (Phi) is 9.59. The second-order valence-corrected chi connectivity index (χ2v) is 11.4. The maximum atomic E-state index is 14.8. The molecule has 2 amide bonds. The lowest BCUT2D eigenvalue weighted by atomic mass is 9.95. The number of carbonyl (C=O) groups is 2. The number of amides is 2. The third kappa shape index (κ3) is 6.89. The smallest absolute Gasteiger partial charge is 0.254 e. The minimum Gasteiger partial charge on any atom is -0.494 e. The summed E-state index contributed by atoms with van der Waals surface area (Å²) in [7, 11) is 4.99. The van der Waals surface area contributed by atoms with Gasteiger partial charge >= 0.3 is 0 Å². The molecule has 45 heavy (non-hydrogen) atoms. The van der Waals surface area contributed by atoms with Crippen LogP contribution in [-0.4, -0.2) is 94.6 Å². The second kappa shape index (κ2) is 13.6. The van der Waals surface area contributed by atoms with Crippen LogP contribution in [0.25, 0.3) is 16.9 Å². The summed E-state index contributed by atoms with van der Waals surface area (Å²) in [6.07, 6.45) is 5.05. The number of nitrogens with one attached hydrogen (secondary N) is 2. The number of likely N-dealkylation sites (N-methyl/N-ethyl adjacent to an activating group) is 1. The average Bonchev–Trinajstić information content (AvgIpc) is 3.45. The van der Waals surface area contributed by atoms with E-state index in [1.54, 1.807) is 27.6 Å². The van der Waals surface area contributed by atoms with Crippen molar-refractivity contribution < 1.29 is 28.2 Å². The summed E-state index contributed by atoms with van der Waals surface area (Å²) < 4.78 is 35.7. The van der Waals surface area contributed by atoms with Crippen LogP contribution in [0, 0.1) is 24.5 Å². The zero-order valence-electron chi connectivity index (χ0n) is 25.7. The summed E-state index contributed by atoms with van der Waals surface area (Å²) in [6, 6.07) is 8.15. The number of aromatic nitrogens is 3. The summed E-state index contributed by atoms with van der Waals surface area (Å²) in [5.41, 5.74) is 2.76. The van der Waals surface area contributed by atoms with E-state index in [1.165, 1.54) is 31.6 Å². The third-order valence-electron chi connectivity index (χ3n) is 7.93. The number of aliphatic hydroxyl groups excluding tert-OH is 1. The Hall–Kier alpha value is -4.62. The Morgan fingerprint density at radius 1 is 1.13 bits per heavy atom. The van der Waals surface area contributed by atoms with Gasteiger partial charge in [0.25, 0.3) is 5.91 Å². The van der Waals surface area contributed by atoms with Crippen LogP contribution >= 0.6 is 0 Å². The first-order valence-electron chi connectivity index (χ1n) is 14.7. The number of nitrogens with zero attached hydrogens (tertiary/aromatic N) is 5. The molecule has 5 rings (SSSR count). The normalized spacial score (nSPS) is 14.5. The predicted octanol–water partition coefficient (Wildman–Crippen LogP) is 3.63. The number of aliphatic hydroxyl groups is 1. The van der Waals surface area contributed by atoms with Gasteiger partial charge in [0.15, 0.2) is 23.0 Å². The van der Waals surface area contributed by atoms with Crippen LogP contribution in [0.2, 0.25) is 0 Å². The lowest BCUT2D eigenvalue weighted by Crippen LogP contribution is -2.45. The molecular formula is C32H37F2N7O4. The van der Waals surface area contributed by atoms with Crippen molar-refractivity contribution in [2.75, 3.05) is 52.7 Å². The monoisotopic (exact) mass is 621 g/mol. The SMILES string of the molecule is COc1ccc(-c2cnc3c(Nc4ccc(C(=O)N5CCC(C(=O)NCC(O)CN(C)C)CC5)c(C)c4)nccn23)c(F)c1F. The Labute approximate surface area is 259 Å². The van der Waals surface area contributed by atoms with Gasteiger partial charge in [0, 0.05) is 61.3 Å². The molecule has 4 aromatic rings. The molecule has 11 nitrogen and oxygen atoms in total. The standard InChI is InChI=1S/C32H37F2N7O4/c1-19-15-21(5-6-23(19)32(44)40-12-9-20(10-13-40)31(43)37-16-22(42)18-39(2)3)38-29-30-36-17-25(41(30)14-11-35-29)24-7-8-26(45-4)28(34)27(24)33/h5-8,11,14-15,17,20,22,42H,9-10,12-13,16,18H2,1-4H3,(H,35,38)(H,37,43). The number of halogens is 2. The van der Waals surface area contributed by atoms with E-state index in [9.17, 15) is 23.5 Å². The van der Waals surface area contributed by atoms with Gasteiger partial charge in [-0.15, -0.1) is 0 Å². The molecule has 2 aromatic heterocycles. The van der Waals surface area contributed by atoms with Gasteiger partial charge in [0.2, 0.25) is 11.7 Å². The van der Waals surface area contributed by atoms with Crippen molar-refractivity contribution in [3.8, 4) is 17.0 Å². The fourth-order valence-electron chi connectivity index (χ4n) is 5.58. The van der Waals surface area contributed by atoms with Crippen molar-refractivity contribution in [3.05, 3.63) is 71.7 Å². The van der Waals surface area contributed by atoms with Crippen molar-refractivity contribution in [2.45, 2.75) is 25.9 Å². The molecular weight excluding hydrogens is 584 g/mol. The van der Waals surface area contributed by atoms with Crippen LogP contribution in [0.15, 0.2) is 48.9 Å². The number of rotatable bonds is 10. The molecule has 13 heteroatoms. The van der Waals surface area contributed by atoms with Gasteiger partial charge < -0.3 is 30.3 Å². The molecule has 0 saturated carbocycles. The van der Waals surface area contributed by atoms with Crippen molar-refractivity contribution >= 4 is 29.0 Å². The van der Waals surface area contributed by atoms with Gasteiger partial charge in [0.1, 0.15) is 0 Å². The molecule has 1 saturated heterocycles. The van der Waals surface area contributed by atoms with Crippen molar-refractivity contribution in [2.24, 2.45) is 5.92 Å². The van der Waals surface area contributed by atoms with Crippen LogP contribution < -0.4 is 15.4 Å². The number of hydrogen-bond acceptors (Lipinski definition) is 8. The topological polar surface area (TPSA) is 124 Å². The van der Waals surface area contributed by atoms with Crippen LogP contribution in [0.1, 0.15) is 28.8 Å². The number of fused-ring (bicyclic) bond motifs is 1. The Bertz CT molecular complexity index is 1700. The highest BCUT2D eigenvalue weighted by molar-refractivity contribution is 5.96. The van der Waals surface area contributed by atoms with Gasteiger partial charge in [-0.2, -0.15) is 4.39 Å². The Balaban J connectivity index is 1.24. The quantitative estimate of drug-likeness (QED) is 0.245. The van der Waals surface area contributed by atoms with Gasteiger partial charge in [-0.3, -0.25) is 14.0 Å². The van der Waals surface area contributed by atoms with E-state index in [0.717, 1.165) is 5.56 Å². The number of benzene rings is 2. The predicted molar refractivity (Wildman–Crippen MR) is 166 cm³/mol. The van der Waals surface area contributed by atoms with Crippen molar-refractivity contribution in [1.82, 2.24) is 29.5 Å². The number of methoxy groups -OCH3 is 1. The first-order chi connectivity index (χ1) is 21.6. The lowest BCUT2D eigenvalue weighted by molar-refractivity contribution is -0.126. The van der Waals surface area contributed by atoms with E-state index in [4.69, 9.17) is 4.74 Å². The molecule has 1 aliphatic heterocycles. The van der Waals surface area contributed by atoms with Crippen molar-refractivity contribution in [3.63, 3.8) is 0 Å². The molecule has 3 heterocycles. The zero-order valence-corrected chi connectivity index (χ0v) is 25.7. The molecule has 1 aliphatic rings. The molecule has 0 aliphatic carbocycles. The largest absolute Gasteiger partial charge is 0.494 e. The Morgan fingerprint density at radius 2 is 1.89 bits per heavy atom. The van der Waals surface area contributed by atoms with Gasteiger partial charge in [-0.25, -0.2) is 14.4 Å². The Morgan fingerprint density at radius 3 is 2.58 bits per heavy atom.